The van der Waals surface area contributed by atoms with Gasteiger partial charge in [-0.3, -0.25) is 9.69 Å². The van der Waals surface area contributed by atoms with Gasteiger partial charge in [0.2, 0.25) is 0 Å². The van der Waals surface area contributed by atoms with E-state index >= 15 is 0 Å². The molecule has 0 saturated carbocycles. The lowest BCUT2D eigenvalue weighted by Crippen LogP contribution is -2.34. The largest absolute Gasteiger partial charge is 0.490 e. The second-order valence-electron chi connectivity index (χ2n) is 7.87. The van der Waals surface area contributed by atoms with Crippen LogP contribution in [0.1, 0.15) is 41.1 Å². The van der Waals surface area contributed by atoms with Crippen LogP contribution in [-0.2, 0) is 24.3 Å². The summed E-state index contributed by atoms with van der Waals surface area (Å²) >= 11 is 0. The molecule has 0 radical (unpaired) electrons. The van der Waals surface area contributed by atoms with Gasteiger partial charge >= 0.3 is 12.1 Å². The number of amides is 1. The molecule has 1 saturated heterocycles. The summed E-state index contributed by atoms with van der Waals surface area (Å²) in [5.74, 6) is -1.51. The normalized spacial score (nSPS) is 17.0. The Morgan fingerprint density at radius 2 is 1.62 bits per heavy atom. The van der Waals surface area contributed by atoms with Crippen LogP contribution in [0.4, 0.5) is 13.2 Å². The maximum atomic E-state index is 12.7. The fourth-order valence-electron chi connectivity index (χ4n) is 3.93. The number of hydrogen-bond acceptors (Lipinski definition) is 4. The van der Waals surface area contributed by atoms with Crippen LogP contribution in [0.3, 0.4) is 0 Å². The summed E-state index contributed by atoms with van der Waals surface area (Å²) < 4.78 is 34.1. The van der Waals surface area contributed by atoms with Gasteiger partial charge in [0, 0.05) is 44.4 Å². The molecule has 10 heteroatoms. The van der Waals surface area contributed by atoms with Gasteiger partial charge in [-0.05, 0) is 38.1 Å². The van der Waals surface area contributed by atoms with E-state index in [-0.39, 0.29) is 5.91 Å². The molecule has 1 aromatic carbocycles. The second kappa shape index (κ2) is 10.6. The molecule has 1 N–H and O–H groups in total. The SMILES string of the molecule is O=C(O)C(F)(F)F.O=C(c1ccccc1)N1CCc2ncc(CN3CCCCC3)n2CC1. The summed E-state index contributed by atoms with van der Waals surface area (Å²) in [7, 11) is 0. The van der Waals surface area contributed by atoms with Gasteiger partial charge in [0.25, 0.3) is 5.91 Å². The number of likely N-dealkylation sites (tertiary alicyclic amines) is 1. The quantitative estimate of drug-likeness (QED) is 0.774. The molecule has 4 rings (SSSR count). The highest BCUT2D eigenvalue weighted by Crippen LogP contribution is 2.18. The lowest BCUT2D eigenvalue weighted by atomic mass is 10.1. The number of alkyl halides is 3. The van der Waals surface area contributed by atoms with Gasteiger partial charge in [0.1, 0.15) is 5.82 Å². The predicted octanol–water partition coefficient (Wildman–Crippen LogP) is 3.20. The molecule has 7 nitrogen and oxygen atoms in total. The highest BCUT2D eigenvalue weighted by atomic mass is 19.4. The van der Waals surface area contributed by atoms with E-state index in [1.54, 1.807) is 0 Å². The van der Waals surface area contributed by atoms with Gasteiger partial charge < -0.3 is 14.6 Å². The molecule has 0 unspecified atom stereocenters. The third-order valence-electron chi connectivity index (χ3n) is 5.60. The molecule has 2 aliphatic rings. The van der Waals surface area contributed by atoms with Crippen LogP contribution in [0, 0.1) is 0 Å². The molecule has 3 heterocycles. The zero-order valence-corrected chi connectivity index (χ0v) is 17.7. The number of fused-ring (bicyclic) bond motifs is 1. The minimum absolute atomic E-state index is 0.129. The van der Waals surface area contributed by atoms with E-state index in [0.717, 1.165) is 44.0 Å². The lowest BCUT2D eigenvalue weighted by Gasteiger charge is -2.26. The van der Waals surface area contributed by atoms with Gasteiger partial charge in [-0.15, -0.1) is 0 Å². The fraction of sp³-hybridized carbons (Fsp3) is 0.500. The van der Waals surface area contributed by atoms with Crippen molar-refractivity contribution in [3.8, 4) is 0 Å². The number of imidazole rings is 1. The number of carboxylic acid groups (broad SMARTS) is 1. The molecule has 2 aliphatic heterocycles. The van der Waals surface area contributed by atoms with Crippen molar-refractivity contribution in [2.75, 3.05) is 26.2 Å². The number of aromatic nitrogens is 2. The Balaban J connectivity index is 0.000000360. The first-order valence-corrected chi connectivity index (χ1v) is 10.7. The average molecular weight is 452 g/mol. The summed E-state index contributed by atoms with van der Waals surface area (Å²) in [6.45, 7) is 5.72. The van der Waals surface area contributed by atoms with Crippen LogP contribution in [0.2, 0.25) is 0 Å². The summed E-state index contributed by atoms with van der Waals surface area (Å²) in [6.07, 6.45) is 1.76. The topological polar surface area (TPSA) is 78.7 Å². The molecule has 0 atom stereocenters. The minimum atomic E-state index is -5.08. The molecule has 0 spiro atoms. The number of rotatable bonds is 3. The van der Waals surface area contributed by atoms with Crippen molar-refractivity contribution in [2.24, 2.45) is 0 Å². The number of hydrogen-bond donors (Lipinski definition) is 1. The van der Waals surface area contributed by atoms with Crippen molar-refractivity contribution < 1.29 is 27.9 Å². The molecule has 0 bridgehead atoms. The minimum Gasteiger partial charge on any atom is -0.475 e. The zero-order valence-electron chi connectivity index (χ0n) is 17.7. The second-order valence-corrected chi connectivity index (χ2v) is 7.87. The Bertz CT molecular complexity index is 909. The first-order chi connectivity index (χ1) is 15.3. The molecular weight excluding hydrogens is 425 g/mol. The summed E-state index contributed by atoms with van der Waals surface area (Å²) in [5.41, 5.74) is 2.07. The van der Waals surface area contributed by atoms with Crippen LogP contribution < -0.4 is 0 Å². The maximum Gasteiger partial charge on any atom is 0.490 e. The summed E-state index contributed by atoms with van der Waals surface area (Å²) in [4.78, 5) is 30.8. The number of carbonyl (C=O) groups is 2. The molecule has 2 aromatic rings. The first-order valence-electron chi connectivity index (χ1n) is 10.7. The van der Waals surface area contributed by atoms with Crippen molar-refractivity contribution in [1.29, 1.82) is 0 Å². The number of piperidine rings is 1. The Hall–Kier alpha value is -2.88. The number of nitrogens with zero attached hydrogens (tertiary/aromatic N) is 4. The van der Waals surface area contributed by atoms with E-state index in [0.29, 0.717) is 0 Å². The maximum absolute atomic E-state index is 12.7. The fourth-order valence-corrected chi connectivity index (χ4v) is 3.93. The zero-order chi connectivity index (χ0) is 23.1. The van der Waals surface area contributed by atoms with Crippen LogP contribution in [0.5, 0.6) is 0 Å². The van der Waals surface area contributed by atoms with Crippen LogP contribution in [0.15, 0.2) is 36.5 Å². The number of halogens is 3. The van der Waals surface area contributed by atoms with Crippen molar-refractivity contribution in [1.82, 2.24) is 19.4 Å². The lowest BCUT2D eigenvalue weighted by molar-refractivity contribution is -0.192. The van der Waals surface area contributed by atoms with E-state index in [4.69, 9.17) is 9.90 Å². The van der Waals surface area contributed by atoms with Gasteiger partial charge in [-0.1, -0.05) is 24.6 Å². The van der Waals surface area contributed by atoms with Crippen LogP contribution in [-0.4, -0.2) is 68.7 Å². The van der Waals surface area contributed by atoms with E-state index in [1.165, 1.54) is 38.0 Å². The van der Waals surface area contributed by atoms with Gasteiger partial charge in [0.15, 0.2) is 0 Å². The van der Waals surface area contributed by atoms with Crippen molar-refractivity contribution in [3.05, 3.63) is 53.6 Å². The monoisotopic (exact) mass is 452 g/mol. The molecular formula is C22H27F3N4O3. The van der Waals surface area contributed by atoms with Crippen molar-refractivity contribution in [2.45, 2.75) is 44.9 Å². The molecule has 1 aromatic heterocycles. The third kappa shape index (κ3) is 6.32. The number of aliphatic carboxylic acids is 1. The number of benzene rings is 1. The number of carbonyl (C=O) groups excluding carboxylic acids is 1. The first kappa shape index (κ1) is 23.8. The van der Waals surface area contributed by atoms with Crippen LogP contribution >= 0.6 is 0 Å². The average Bonchev–Trinajstić information content (AvgIpc) is 3.02. The Morgan fingerprint density at radius 3 is 2.25 bits per heavy atom. The van der Waals surface area contributed by atoms with E-state index < -0.39 is 12.1 Å². The summed E-state index contributed by atoms with van der Waals surface area (Å²) in [6, 6.07) is 9.59. The molecule has 32 heavy (non-hydrogen) atoms. The highest BCUT2D eigenvalue weighted by Gasteiger charge is 2.38. The third-order valence-corrected chi connectivity index (χ3v) is 5.60. The van der Waals surface area contributed by atoms with E-state index in [9.17, 15) is 18.0 Å². The smallest absolute Gasteiger partial charge is 0.475 e. The van der Waals surface area contributed by atoms with Crippen molar-refractivity contribution in [3.63, 3.8) is 0 Å². The van der Waals surface area contributed by atoms with Gasteiger partial charge in [0.05, 0.1) is 5.69 Å². The van der Waals surface area contributed by atoms with Gasteiger partial charge in [-0.25, -0.2) is 9.78 Å². The number of carboxylic acids is 1. The Morgan fingerprint density at radius 1 is 0.969 bits per heavy atom. The highest BCUT2D eigenvalue weighted by molar-refractivity contribution is 5.94. The standard InChI is InChI=1S/C20H26N4O.C2HF3O2/c25-20(17-7-3-1-4-8-17)23-12-9-19-21-15-18(24(19)14-13-23)16-22-10-5-2-6-11-22;3-2(4,5)1(6)7/h1,3-4,7-8,15H,2,5-6,9-14,16H2;(H,6,7). The summed E-state index contributed by atoms with van der Waals surface area (Å²) in [5, 5.41) is 7.12. The molecule has 0 aliphatic carbocycles. The Labute approximate surface area is 184 Å². The van der Waals surface area contributed by atoms with E-state index in [2.05, 4.69) is 14.5 Å². The van der Waals surface area contributed by atoms with E-state index in [1.807, 2.05) is 41.4 Å². The van der Waals surface area contributed by atoms with Crippen molar-refractivity contribution >= 4 is 11.9 Å². The molecule has 1 amide bonds. The molecule has 1 fully saturated rings. The predicted molar refractivity (Wildman–Crippen MR) is 111 cm³/mol. The Kier molecular flexibility index (Phi) is 7.89. The molecule has 174 valence electrons. The van der Waals surface area contributed by atoms with Gasteiger partial charge in [-0.2, -0.15) is 13.2 Å². The van der Waals surface area contributed by atoms with Crippen LogP contribution in [0.25, 0.3) is 0 Å².